The van der Waals surface area contributed by atoms with Gasteiger partial charge in [0.15, 0.2) is 0 Å². The fourth-order valence-corrected chi connectivity index (χ4v) is 4.53. The molecular formula is C24H28ClFN2O3. The zero-order valence-corrected chi connectivity index (χ0v) is 18.4. The predicted octanol–water partition coefficient (Wildman–Crippen LogP) is 3.26. The molecule has 31 heavy (non-hydrogen) atoms. The first-order valence-corrected chi connectivity index (χ1v) is 10.4. The third-order valence-corrected chi connectivity index (χ3v) is 6.34. The zero-order chi connectivity index (χ0) is 21.1. The molecule has 7 heteroatoms. The average molecular weight is 447 g/mol. The van der Waals surface area contributed by atoms with Gasteiger partial charge < -0.3 is 15.0 Å². The van der Waals surface area contributed by atoms with Crippen LogP contribution in [0.4, 0.5) is 4.39 Å². The molecule has 0 spiro atoms. The standard InChI is InChI=1S/C24H27FN2O3.ClH/c1-30-22(28)19-8-6-17(7-9-19)12-18-10-11-27(14-18)23(29)24(15-26-16-24)13-20-4-2-3-5-21(20)25;/h2-9,18,26H,10-16H2,1H3;1H. The van der Waals surface area contributed by atoms with E-state index in [2.05, 4.69) is 5.32 Å². The van der Waals surface area contributed by atoms with Gasteiger partial charge in [-0.3, -0.25) is 4.79 Å². The van der Waals surface area contributed by atoms with E-state index < -0.39 is 5.41 Å². The number of carbonyl (C=O) groups is 2. The molecule has 0 aromatic heterocycles. The highest BCUT2D eigenvalue weighted by Crippen LogP contribution is 2.33. The van der Waals surface area contributed by atoms with Crippen LogP contribution in [-0.2, 0) is 22.4 Å². The van der Waals surface area contributed by atoms with Crippen LogP contribution < -0.4 is 5.32 Å². The number of hydrogen-bond donors (Lipinski definition) is 1. The Morgan fingerprint density at radius 3 is 2.48 bits per heavy atom. The Morgan fingerprint density at radius 1 is 1.16 bits per heavy atom. The number of ether oxygens (including phenoxy) is 1. The minimum Gasteiger partial charge on any atom is -0.465 e. The lowest BCUT2D eigenvalue weighted by Crippen LogP contribution is -2.63. The monoisotopic (exact) mass is 446 g/mol. The minimum absolute atomic E-state index is 0. The van der Waals surface area contributed by atoms with Crippen molar-refractivity contribution in [2.45, 2.75) is 19.3 Å². The van der Waals surface area contributed by atoms with E-state index in [1.165, 1.54) is 13.2 Å². The van der Waals surface area contributed by atoms with Gasteiger partial charge in [0.1, 0.15) is 5.82 Å². The highest BCUT2D eigenvalue weighted by Gasteiger charge is 2.47. The Labute approximate surface area is 188 Å². The summed E-state index contributed by atoms with van der Waals surface area (Å²) >= 11 is 0. The van der Waals surface area contributed by atoms with E-state index in [0.29, 0.717) is 36.6 Å². The van der Waals surface area contributed by atoms with Gasteiger partial charge in [-0.1, -0.05) is 30.3 Å². The van der Waals surface area contributed by atoms with E-state index in [4.69, 9.17) is 4.74 Å². The first-order chi connectivity index (χ1) is 14.5. The van der Waals surface area contributed by atoms with E-state index in [9.17, 15) is 14.0 Å². The van der Waals surface area contributed by atoms with Crippen LogP contribution in [-0.4, -0.2) is 50.1 Å². The third kappa shape index (κ3) is 4.91. The molecule has 1 N–H and O–H groups in total. The van der Waals surface area contributed by atoms with Crippen LogP contribution in [0.15, 0.2) is 48.5 Å². The molecule has 0 radical (unpaired) electrons. The van der Waals surface area contributed by atoms with Gasteiger partial charge in [-0.15, -0.1) is 12.4 Å². The summed E-state index contributed by atoms with van der Waals surface area (Å²) in [5.74, 6) is -0.0655. The zero-order valence-electron chi connectivity index (χ0n) is 17.6. The molecule has 2 aromatic rings. The molecule has 2 heterocycles. The molecule has 5 nitrogen and oxygen atoms in total. The summed E-state index contributed by atoms with van der Waals surface area (Å²) in [4.78, 5) is 26.9. The fraction of sp³-hybridized carbons (Fsp3) is 0.417. The van der Waals surface area contributed by atoms with Gasteiger partial charge >= 0.3 is 5.97 Å². The SMILES string of the molecule is COC(=O)c1ccc(CC2CCN(C(=O)C3(Cc4ccccc4F)CNC3)C2)cc1.Cl. The van der Waals surface area contributed by atoms with E-state index >= 15 is 0 Å². The number of methoxy groups -OCH3 is 1. The molecule has 1 amide bonds. The van der Waals surface area contributed by atoms with Gasteiger partial charge in [0.05, 0.1) is 18.1 Å². The molecule has 4 rings (SSSR count). The van der Waals surface area contributed by atoms with Gasteiger partial charge in [0, 0.05) is 26.2 Å². The lowest BCUT2D eigenvalue weighted by atomic mass is 9.75. The largest absolute Gasteiger partial charge is 0.465 e. The molecule has 2 aliphatic heterocycles. The summed E-state index contributed by atoms with van der Waals surface area (Å²) in [5, 5.41) is 3.21. The third-order valence-electron chi connectivity index (χ3n) is 6.34. The number of halogens is 2. The molecule has 2 fully saturated rings. The topological polar surface area (TPSA) is 58.6 Å². The number of rotatable bonds is 6. The van der Waals surface area contributed by atoms with Crippen molar-refractivity contribution in [3.05, 3.63) is 71.0 Å². The van der Waals surface area contributed by atoms with Crippen molar-refractivity contribution in [2.24, 2.45) is 11.3 Å². The Hall–Kier alpha value is -2.44. The van der Waals surface area contributed by atoms with Crippen molar-refractivity contribution < 1.29 is 18.7 Å². The van der Waals surface area contributed by atoms with Gasteiger partial charge in [0.2, 0.25) is 5.91 Å². The summed E-state index contributed by atoms with van der Waals surface area (Å²) in [6, 6.07) is 14.2. The van der Waals surface area contributed by atoms with Crippen LogP contribution in [0.25, 0.3) is 0 Å². The summed E-state index contributed by atoms with van der Waals surface area (Å²) in [6.07, 6.45) is 2.25. The van der Waals surface area contributed by atoms with Crippen LogP contribution in [0.3, 0.4) is 0 Å². The molecule has 0 bridgehead atoms. The Morgan fingerprint density at radius 2 is 1.87 bits per heavy atom. The normalized spacial score (nSPS) is 19.3. The quantitative estimate of drug-likeness (QED) is 0.692. The number of amides is 1. The molecule has 1 atom stereocenters. The Bertz CT molecular complexity index is 931. The summed E-state index contributed by atoms with van der Waals surface area (Å²) in [7, 11) is 1.37. The van der Waals surface area contributed by atoms with Crippen LogP contribution in [0.5, 0.6) is 0 Å². The maximum absolute atomic E-state index is 14.2. The van der Waals surface area contributed by atoms with Gasteiger partial charge in [-0.25, -0.2) is 9.18 Å². The molecule has 0 aliphatic carbocycles. The fourth-order valence-electron chi connectivity index (χ4n) is 4.53. The second-order valence-corrected chi connectivity index (χ2v) is 8.45. The maximum atomic E-state index is 14.2. The maximum Gasteiger partial charge on any atom is 0.337 e. The average Bonchev–Trinajstić information content (AvgIpc) is 3.20. The molecule has 0 saturated carbocycles. The number of likely N-dealkylation sites (tertiary alicyclic amines) is 1. The van der Waals surface area contributed by atoms with Crippen LogP contribution >= 0.6 is 12.4 Å². The van der Waals surface area contributed by atoms with Crippen molar-refractivity contribution in [3.63, 3.8) is 0 Å². The second-order valence-electron chi connectivity index (χ2n) is 8.45. The van der Waals surface area contributed by atoms with Gasteiger partial charge in [0.25, 0.3) is 0 Å². The van der Waals surface area contributed by atoms with Crippen molar-refractivity contribution in [2.75, 3.05) is 33.3 Å². The molecule has 166 valence electrons. The number of nitrogens with zero attached hydrogens (tertiary/aromatic N) is 1. The predicted molar refractivity (Wildman–Crippen MR) is 119 cm³/mol. The molecule has 2 saturated heterocycles. The summed E-state index contributed by atoms with van der Waals surface area (Å²) in [5.41, 5.74) is 1.75. The van der Waals surface area contributed by atoms with E-state index in [0.717, 1.165) is 31.5 Å². The molecular weight excluding hydrogens is 419 g/mol. The van der Waals surface area contributed by atoms with Crippen molar-refractivity contribution >= 4 is 24.3 Å². The highest BCUT2D eigenvalue weighted by molar-refractivity contribution is 5.89. The van der Waals surface area contributed by atoms with Crippen LogP contribution in [0, 0.1) is 17.2 Å². The first-order valence-electron chi connectivity index (χ1n) is 10.4. The Balaban J connectivity index is 0.00000272. The highest BCUT2D eigenvalue weighted by atomic mass is 35.5. The van der Waals surface area contributed by atoms with Crippen LogP contribution in [0.1, 0.15) is 27.9 Å². The number of benzene rings is 2. The van der Waals surface area contributed by atoms with E-state index in [1.54, 1.807) is 24.3 Å². The van der Waals surface area contributed by atoms with Crippen molar-refractivity contribution in [3.8, 4) is 0 Å². The molecule has 2 aromatic carbocycles. The van der Waals surface area contributed by atoms with Gasteiger partial charge in [-0.05, 0) is 54.5 Å². The number of esters is 1. The van der Waals surface area contributed by atoms with E-state index in [-0.39, 0.29) is 30.1 Å². The smallest absolute Gasteiger partial charge is 0.337 e. The molecule has 1 unspecified atom stereocenters. The second kappa shape index (κ2) is 9.79. The van der Waals surface area contributed by atoms with Gasteiger partial charge in [-0.2, -0.15) is 0 Å². The number of hydrogen-bond acceptors (Lipinski definition) is 4. The lowest BCUT2D eigenvalue weighted by Gasteiger charge is -2.43. The van der Waals surface area contributed by atoms with Crippen molar-refractivity contribution in [1.82, 2.24) is 10.2 Å². The lowest BCUT2D eigenvalue weighted by molar-refractivity contribution is -0.144. The number of carbonyl (C=O) groups excluding carboxylic acids is 2. The Kier molecular flexibility index (Phi) is 7.34. The number of nitrogens with one attached hydrogen (secondary N) is 1. The van der Waals surface area contributed by atoms with Crippen molar-refractivity contribution in [1.29, 1.82) is 0 Å². The minimum atomic E-state index is -0.542. The first kappa shape index (κ1) is 23.2. The summed E-state index contributed by atoms with van der Waals surface area (Å²) < 4.78 is 18.9. The van der Waals surface area contributed by atoms with Crippen LogP contribution in [0.2, 0.25) is 0 Å². The summed E-state index contributed by atoms with van der Waals surface area (Å²) in [6.45, 7) is 2.64. The molecule has 2 aliphatic rings. The van der Waals surface area contributed by atoms with E-state index in [1.807, 2.05) is 23.1 Å².